The summed E-state index contributed by atoms with van der Waals surface area (Å²) in [7, 11) is 0. The predicted octanol–water partition coefficient (Wildman–Crippen LogP) is 1.73. The quantitative estimate of drug-likeness (QED) is 0.818. The molecule has 0 saturated heterocycles. The van der Waals surface area contributed by atoms with E-state index in [2.05, 4.69) is 9.97 Å². The number of rotatable bonds is 2. The third-order valence-corrected chi connectivity index (χ3v) is 2.30. The van der Waals surface area contributed by atoms with E-state index in [0.717, 1.165) is 0 Å². The molecule has 0 bridgehead atoms. The molecule has 0 radical (unpaired) electrons. The van der Waals surface area contributed by atoms with Gasteiger partial charge < -0.3 is 10.8 Å². The number of nitrogen functional groups attached to an aromatic ring is 1. The summed E-state index contributed by atoms with van der Waals surface area (Å²) in [6.07, 6.45) is 0. The van der Waals surface area contributed by atoms with E-state index in [1.807, 2.05) is 0 Å². The molecule has 1 aromatic carbocycles. The van der Waals surface area contributed by atoms with Crippen molar-refractivity contribution in [2.24, 2.45) is 0 Å². The molecule has 0 aliphatic heterocycles. The Kier molecular flexibility index (Phi) is 2.74. The number of hydrogen-bond donors (Lipinski definition) is 2. The Labute approximate surface area is 98.0 Å². The van der Waals surface area contributed by atoms with Gasteiger partial charge in [0.2, 0.25) is 5.95 Å². The summed E-state index contributed by atoms with van der Waals surface area (Å²) in [4.78, 5) is 19.1. The van der Waals surface area contributed by atoms with Gasteiger partial charge in [0.1, 0.15) is 0 Å². The van der Waals surface area contributed by atoms with Gasteiger partial charge in [-0.1, -0.05) is 18.2 Å². The number of carbonyl (C=O) groups is 1. The van der Waals surface area contributed by atoms with Gasteiger partial charge in [0.25, 0.3) is 0 Å². The number of carboxylic acid groups (broad SMARTS) is 1. The van der Waals surface area contributed by atoms with Gasteiger partial charge >= 0.3 is 5.97 Å². The topological polar surface area (TPSA) is 89.1 Å². The van der Waals surface area contributed by atoms with E-state index in [1.165, 1.54) is 6.07 Å². The van der Waals surface area contributed by atoms with Crippen LogP contribution in [0.3, 0.4) is 0 Å². The number of benzene rings is 1. The number of aromatic nitrogens is 2. The normalized spacial score (nSPS) is 10.2. The summed E-state index contributed by atoms with van der Waals surface area (Å²) in [5.41, 5.74) is 7.51. The number of nitrogens with two attached hydrogens (primary N) is 1. The molecular weight excluding hydrogens is 218 g/mol. The highest BCUT2D eigenvalue weighted by Gasteiger charge is 2.12. The second kappa shape index (κ2) is 4.21. The lowest BCUT2D eigenvalue weighted by atomic mass is 10.0. The minimum Gasteiger partial charge on any atom is -0.478 e. The van der Waals surface area contributed by atoms with Crippen molar-refractivity contribution in [2.45, 2.75) is 6.92 Å². The molecule has 0 spiro atoms. The molecule has 0 amide bonds. The number of aryl methyl sites for hydroxylation is 1. The van der Waals surface area contributed by atoms with Gasteiger partial charge in [-0.25, -0.2) is 14.8 Å². The molecule has 0 fully saturated rings. The number of nitrogens with zero attached hydrogens (tertiary/aromatic N) is 2. The maximum Gasteiger partial charge on any atom is 0.336 e. The van der Waals surface area contributed by atoms with Crippen LogP contribution in [-0.4, -0.2) is 21.0 Å². The Balaban J connectivity index is 2.64. The minimum atomic E-state index is -0.990. The van der Waals surface area contributed by atoms with E-state index in [1.54, 1.807) is 31.2 Å². The lowest BCUT2D eigenvalue weighted by molar-refractivity contribution is 0.0697. The molecule has 0 atom stereocenters. The number of aromatic carboxylic acids is 1. The molecule has 0 aliphatic rings. The molecule has 0 saturated carbocycles. The molecule has 5 nitrogen and oxygen atoms in total. The average Bonchev–Trinajstić information content (AvgIpc) is 2.27. The monoisotopic (exact) mass is 229 g/mol. The van der Waals surface area contributed by atoms with Crippen LogP contribution in [0.15, 0.2) is 30.3 Å². The Hall–Kier alpha value is -2.43. The molecule has 2 rings (SSSR count). The first-order valence-electron chi connectivity index (χ1n) is 5.02. The minimum absolute atomic E-state index is 0.139. The van der Waals surface area contributed by atoms with Gasteiger partial charge in [-0.15, -0.1) is 0 Å². The molecule has 17 heavy (non-hydrogen) atoms. The Morgan fingerprint density at radius 3 is 2.65 bits per heavy atom. The maximum atomic E-state index is 11.1. The van der Waals surface area contributed by atoms with Crippen LogP contribution in [-0.2, 0) is 0 Å². The zero-order chi connectivity index (χ0) is 12.4. The Bertz CT molecular complexity index is 561. The van der Waals surface area contributed by atoms with Crippen LogP contribution in [0.5, 0.6) is 0 Å². The van der Waals surface area contributed by atoms with Crippen molar-refractivity contribution >= 4 is 11.9 Å². The lowest BCUT2D eigenvalue weighted by Crippen LogP contribution is -2.03. The van der Waals surface area contributed by atoms with E-state index < -0.39 is 5.97 Å². The molecule has 1 aromatic heterocycles. The van der Waals surface area contributed by atoms with E-state index in [4.69, 9.17) is 10.8 Å². The van der Waals surface area contributed by atoms with Gasteiger partial charge in [-0.05, 0) is 19.1 Å². The van der Waals surface area contributed by atoms with E-state index >= 15 is 0 Å². The molecule has 0 unspecified atom stereocenters. The molecule has 86 valence electrons. The highest BCUT2D eigenvalue weighted by Crippen LogP contribution is 2.22. The van der Waals surface area contributed by atoms with Crippen LogP contribution >= 0.6 is 0 Å². The third kappa shape index (κ3) is 2.23. The summed E-state index contributed by atoms with van der Waals surface area (Å²) in [6.45, 7) is 1.78. The van der Waals surface area contributed by atoms with E-state index in [-0.39, 0.29) is 11.5 Å². The molecule has 2 aromatic rings. The SMILES string of the molecule is Cc1cc(-c2ccccc2C(=O)O)nc(N)n1. The standard InChI is InChI=1S/C12H11N3O2/c1-7-6-10(15-12(13)14-7)8-4-2-3-5-9(8)11(16)17/h2-6H,1H3,(H,16,17)(H2,13,14,15). The zero-order valence-corrected chi connectivity index (χ0v) is 9.21. The van der Waals surface area contributed by atoms with Gasteiger partial charge in [-0.2, -0.15) is 0 Å². The first kappa shape index (κ1) is 11.1. The van der Waals surface area contributed by atoms with E-state index in [0.29, 0.717) is 17.0 Å². The maximum absolute atomic E-state index is 11.1. The fourth-order valence-electron chi connectivity index (χ4n) is 1.62. The number of carboxylic acids is 1. The number of hydrogen-bond acceptors (Lipinski definition) is 4. The average molecular weight is 229 g/mol. The fourth-order valence-corrected chi connectivity index (χ4v) is 1.62. The lowest BCUT2D eigenvalue weighted by Gasteiger charge is -2.06. The van der Waals surface area contributed by atoms with Crippen molar-refractivity contribution in [3.8, 4) is 11.3 Å². The van der Waals surface area contributed by atoms with Crippen molar-refractivity contribution < 1.29 is 9.90 Å². The van der Waals surface area contributed by atoms with Gasteiger partial charge in [-0.3, -0.25) is 0 Å². The highest BCUT2D eigenvalue weighted by molar-refractivity contribution is 5.95. The predicted molar refractivity (Wildman–Crippen MR) is 63.6 cm³/mol. The van der Waals surface area contributed by atoms with Crippen molar-refractivity contribution in [2.75, 3.05) is 5.73 Å². The second-order valence-electron chi connectivity index (χ2n) is 3.60. The van der Waals surface area contributed by atoms with Gasteiger partial charge in [0, 0.05) is 11.3 Å². The highest BCUT2D eigenvalue weighted by atomic mass is 16.4. The van der Waals surface area contributed by atoms with Gasteiger partial charge in [0.15, 0.2) is 0 Å². The van der Waals surface area contributed by atoms with Crippen LogP contribution in [0.25, 0.3) is 11.3 Å². The Morgan fingerprint density at radius 2 is 2.00 bits per heavy atom. The molecule has 0 aliphatic carbocycles. The summed E-state index contributed by atoms with van der Waals surface area (Å²) in [5, 5.41) is 9.09. The van der Waals surface area contributed by atoms with Crippen molar-refractivity contribution in [3.63, 3.8) is 0 Å². The van der Waals surface area contributed by atoms with E-state index in [9.17, 15) is 4.79 Å². The summed E-state index contributed by atoms with van der Waals surface area (Å²) in [6, 6.07) is 8.37. The van der Waals surface area contributed by atoms with Crippen LogP contribution in [0, 0.1) is 6.92 Å². The summed E-state index contributed by atoms with van der Waals surface area (Å²) in [5.74, 6) is -0.851. The molecular formula is C12H11N3O2. The van der Waals surface area contributed by atoms with Crippen LogP contribution in [0.4, 0.5) is 5.95 Å². The third-order valence-electron chi connectivity index (χ3n) is 2.30. The van der Waals surface area contributed by atoms with Crippen LogP contribution < -0.4 is 5.73 Å². The first-order valence-corrected chi connectivity index (χ1v) is 5.02. The zero-order valence-electron chi connectivity index (χ0n) is 9.21. The largest absolute Gasteiger partial charge is 0.478 e. The Morgan fingerprint density at radius 1 is 1.29 bits per heavy atom. The molecule has 1 heterocycles. The van der Waals surface area contributed by atoms with Crippen molar-refractivity contribution in [1.29, 1.82) is 0 Å². The van der Waals surface area contributed by atoms with Crippen molar-refractivity contribution in [1.82, 2.24) is 9.97 Å². The fraction of sp³-hybridized carbons (Fsp3) is 0.0833. The van der Waals surface area contributed by atoms with Crippen LogP contribution in [0.1, 0.15) is 16.1 Å². The van der Waals surface area contributed by atoms with Gasteiger partial charge in [0.05, 0.1) is 11.3 Å². The first-order chi connectivity index (χ1) is 8.08. The molecule has 5 heteroatoms. The van der Waals surface area contributed by atoms with Crippen LogP contribution in [0.2, 0.25) is 0 Å². The summed E-state index contributed by atoms with van der Waals surface area (Å²) < 4.78 is 0. The van der Waals surface area contributed by atoms with Crippen molar-refractivity contribution in [3.05, 3.63) is 41.6 Å². The molecule has 3 N–H and O–H groups in total. The second-order valence-corrected chi connectivity index (χ2v) is 3.60. The number of anilines is 1. The smallest absolute Gasteiger partial charge is 0.336 e. The summed E-state index contributed by atoms with van der Waals surface area (Å²) >= 11 is 0.